The summed E-state index contributed by atoms with van der Waals surface area (Å²) in [5, 5.41) is 5.66. The number of carbonyl (C=O) groups is 2. The second-order valence-electron chi connectivity index (χ2n) is 5.31. The van der Waals surface area contributed by atoms with Crippen molar-refractivity contribution in [3.05, 3.63) is 65.2 Å². The molecule has 114 valence electrons. The molecule has 2 aromatic carbocycles. The number of rotatable bonds is 4. The fourth-order valence-corrected chi connectivity index (χ4v) is 2.34. The van der Waals surface area contributed by atoms with Gasteiger partial charge in [0.2, 0.25) is 5.91 Å². The summed E-state index contributed by atoms with van der Waals surface area (Å²) in [5.41, 5.74) is 3.49. The van der Waals surface area contributed by atoms with Gasteiger partial charge >= 0.3 is 0 Å². The Morgan fingerprint density at radius 3 is 2.23 bits per heavy atom. The Labute approximate surface area is 130 Å². The Kier molecular flexibility index (Phi) is 4.94. The molecule has 0 fully saturated rings. The van der Waals surface area contributed by atoms with Crippen molar-refractivity contribution in [1.29, 1.82) is 0 Å². The molecule has 2 rings (SSSR count). The molecule has 22 heavy (non-hydrogen) atoms. The zero-order valence-corrected chi connectivity index (χ0v) is 13.0. The number of amides is 2. The number of nitrogens with one attached hydrogen (secondary N) is 2. The fraction of sp³-hybridized carbons (Fsp3) is 0.222. The van der Waals surface area contributed by atoms with Crippen molar-refractivity contribution in [2.75, 3.05) is 5.32 Å². The summed E-state index contributed by atoms with van der Waals surface area (Å²) in [4.78, 5) is 23.3. The van der Waals surface area contributed by atoms with Crippen LogP contribution >= 0.6 is 0 Å². The topological polar surface area (TPSA) is 58.2 Å². The Hall–Kier alpha value is -2.62. The van der Waals surface area contributed by atoms with Crippen LogP contribution in [-0.2, 0) is 4.79 Å². The van der Waals surface area contributed by atoms with Crippen LogP contribution in [-0.4, -0.2) is 11.8 Å². The average molecular weight is 296 g/mol. The lowest BCUT2D eigenvalue weighted by Crippen LogP contribution is -2.27. The number of hydrogen-bond acceptors (Lipinski definition) is 2. The number of carbonyl (C=O) groups excluding carboxylic acids is 2. The number of hydrogen-bond donors (Lipinski definition) is 2. The van der Waals surface area contributed by atoms with E-state index >= 15 is 0 Å². The third-order valence-electron chi connectivity index (χ3n) is 3.47. The molecule has 0 saturated heterocycles. The Bertz CT molecular complexity index is 678. The van der Waals surface area contributed by atoms with Crippen LogP contribution in [0.15, 0.2) is 48.5 Å². The lowest BCUT2D eigenvalue weighted by atomic mass is 10.0. The molecule has 0 aliphatic heterocycles. The van der Waals surface area contributed by atoms with Gasteiger partial charge in [0.25, 0.3) is 5.91 Å². The first-order valence-electron chi connectivity index (χ1n) is 7.21. The molecule has 1 atom stereocenters. The van der Waals surface area contributed by atoms with Crippen LogP contribution in [0.2, 0.25) is 0 Å². The molecule has 0 bridgehead atoms. The van der Waals surface area contributed by atoms with Crippen molar-refractivity contribution >= 4 is 17.5 Å². The van der Waals surface area contributed by atoms with Crippen LogP contribution in [0.3, 0.4) is 0 Å². The van der Waals surface area contributed by atoms with Crippen molar-refractivity contribution in [3.8, 4) is 0 Å². The highest BCUT2D eigenvalue weighted by Gasteiger charge is 2.12. The van der Waals surface area contributed by atoms with Gasteiger partial charge in [-0.05, 0) is 49.2 Å². The summed E-state index contributed by atoms with van der Waals surface area (Å²) in [5.74, 6) is -0.268. The minimum atomic E-state index is -0.134. The van der Waals surface area contributed by atoms with Gasteiger partial charge < -0.3 is 10.6 Å². The second kappa shape index (κ2) is 6.89. The number of anilines is 1. The molecule has 2 amide bonds. The summed E-state index contributed by atoms with van der Waals surface area (Å²) in [6.45, 7) is 5.44. The van der Waals surface area contributed by atoms with Crippen LogP contribution in [0.5, 0.6) is 0 Å². The molecule has 0 spiro atoms. The first-order valence-corrected chi connectivity index (χ1v) is 7.21. The minimum Gasteiger partial charge on any atom is -0.346 e. The summed E-state index contributed by atoms with van der Waals surface area (Å²) in [6.07, 6.45) is 0. The SMILES string of the molecule is CC(=O)Nc1ccc(C(=O)NC(C)c2ccccc2C)cc1. The Morgan fingerprint density at radius 2 is 1.64 bits per heavy atom. The van der Waals surface area contributed by atoms with Crippen LogP contribution < -0.4 is 10.6 Å². The molecule has 0 aromatic heterocycles. The largest absolute Gasteiger partial charge is 0.346 e. The molecule has 4 nitrogen and oxygen atoms in total. The standard InChI is InChI=1S/C18H20N2O2/c1-12-6-4-5-7-17(12)13(2)19-18(22)15-8-10-16(11-9-15)20-14(3)21/h4-11,13H,1-3H3,(H,19,22)(H,20,21). The summed E-state index contributed by atoms with van der Waals surface area (Å²) >= 11 is 0. The van der Waals surface area contributed by atoms with E-state index in [2.05, 4.69) is 10.6 Å². The first kappa shape index (κ1) is 15.8. The van der Waals surface area contributed by atoms with Crippen molar-refractivity contribution in [2.24, 2.45) is 0 Å². The molecular formula is C18H20N2O2. The molecule has 0 heterocycles. The molecule has 2 N–H and O–H groups in total. The van der Waals surface area contributed by atoms with Crippen LogP contribution in [0.4, 0.5) is 5.69 Å². The molecule has 0 aliphatic rings. The summed E-state index contributed by atoms with van der Waals surface area (Å²) in [6, 6.07) is 14.8. The Morgan fingerprint density at radius 1 is 1.00 bits per heavy atom. The van der Waals surface area contributed by atoms with E-state index in [1.165, 1.54) is 6.92 Å². The van der Waals surface area contributed by atoms with Gasteiger partial charge in [0, 0.05) is 18.2 Å². The van der Waals surface area contributed by atoms with Crippen molar-refractivity contribution in [1.82, 2.24) is 5.32 Å². The second-order valence-corrected chi connectivity index (χ2v) is 5.31. The summed E-state index contributed by atoms with van der Waals surface area (Å²) in [7, 11) is 0. The zero-order chi connectivity index (χ0) is 16.1. The molecule has 0 radical (unpaired) electrons. The molecule has 4 heteroatoms. The van der Waals surface area contributed by atoms with E-state index in [4.69, 9.17) is 0 Å². The van der Waals surface area contributed by atoms with E-state index in [1.807, 2.05) is 38.1 Å². The maximum Gasteiger partial charge on any atom is 0.251 e. The predicted molar refractivity (Wildman–Crippen MR) is 87.8 cm³/mol. The highest BCUT2D eigenvalue weighted by molar-refractivity contribution is 5.95. The quantitative estimate of drug-likeness (QED) is 0.908. The van der Waals surface area contributed by atoms with E-state index in [0.29, 0.717) is 11.3 Å². The first-order chi connectivity index (χ1) is 10.5. The molecule has 2 aromatic rings. The highest BCUT2D eigenvalue weighted by atomic mass is 16.2. The fourth-order valence-electron chi connectivity index (χ4n) is 2.34. The van der Waals surface area contributed by atoms with Gasteiger partial charge in [0.15, 0.2) is 0 Å². The normalized spacial score (nSPS) is 11.6. The lowest BCUT2D eigenvalue weighted by Gasteiger charge is -2.16. The van der Waals surface area contributed by atoms with Gasteiger partial charge in [-0.1, -0.05) is 24.3 Å². The van der Waals surface area contributed by atoms with Crippen LogP contribution in [0.25, 0.3) is 0 Å². The summed E-state index contributed by atoms with van der Waals surface area (Å²) < 4.78 is 0. The van der Waals surface area contributed by atoms with Crippen LogP contribution in [0.1, 0.15) is 41.4 Å². The highest BCUT2D eigenvalue weighted by Crippen LogP contribution is 2.17. The smallest absolute Gasteiger partial charge is 0.251 e. The zero-order valence-electron chi connectivity index (χ0n) is 13.0. The van der Waals surface area contributed by atoms with Gasteiger partial charge in [-0.3, -0.25) is 9.59 Å². The third-order valence-corrected chi connectivity index (χ3v) is 3.47. The molecular weight excluding hydrogens is 276 g/mol. The molecule has 1 unspecified atom stereocenters. The van der Waals surface area contributed by atoms with E-state index in [-0.39, 0.29) is 17.9 Å². The lowest BCUT2D eigenvalue weighted by molar-refractivity contribution is -0.114. The maximum atomic E-state index is 12.3. The third kappa shape index (κ3) is 3.95. The van der Waals surface area contributed by atoms with Crippen molar-refractivity contribution in [2.45, 2.75) is 26.8 Å². The minimum absolute atomic E-state index is 0.0660. The van der Waals surface area contributed by atoms with Gasteiger partial charge in [-0.2, -0.15) is 0 Å². The number of benzene rings is 2. The van der Waals surface area contributed by atoms with Gasteiger partial charge in [-0.15, -0.1) is 0 Å². The van der Waals surface area contributed by atoms with E-state index < -0.39 is 0 Å². The Balaban J connectivity index is 2.06. The molecule has 0 saturated carbocycles. The van der Waals surface area contributed by atoms with Crippen molar-refractivity contribution in [3.63, 3.8) is 0 Å². The van der Waals surface area contributed by atoms with Gasteiger partial charge in [0.05, 0.1) is 6.04 Å². The molecule has 0 aliphatic carbocycles. The van der Waals surface area contributed by atoms with Crippen molar-refractivity contribution < 1.29 is 9.59 Å². The average Bonchev–Trinajstić information content (AvgIpc) is 2.47. The van der Waals surface area contributed by atoms with Gasteiger partial charge in [0.1, 0.15) is 0 Å². The number of aryl methyl sites for hydroxylation is 1. The van der Waals surface area contributed by atoms with Crippen LogP contribution in [0, 0.1) is 6.92 Å². The van der Waals surface area contributed by atoms with E-state index in [9.17, 15) is 9.59 Å². The van der Waals surface area contributed by atoms with Gasteiger partial charge in [-0.25, -0.2) is 0 Å². The monoisotopic (exact) mass is 296 g/mol. The maximum absolute atomic E-state index is 12.3. The predicted octanol–water partition coefficient (Wildman–Crippen LogP) is 3.44. The van der Waals surface area contributed by atoms with E-state index in [0.717, 1.165) is 11.1 Å². The van der Waals surface area contributed by atoms with E-state index in [1.54, 1.807) is 24.3 Å².